The predicted octanol–water partition coefficient (Wildman–Crippen LogP) is -1.39. The van der Waals surface area contributed by atoms with Crippen LogP contribution >= 0.6 is 23.5 Å². The van der Waals surface area contributed by atoms with Gasteiger partial charge in [0.25, 0.3) is 5.56 Å². The molecule has 8 N–H and O–H groups in total. The van der Waals surface area contributed by atoms with Gasteiger partial charge in [0.1, 0.15) is 17.9 Å². The van der Waals surface area contributed by atoms with Crippen molar-refractivity contribution < 1.29 is 66.3 Å². The minimum atomic E-state index is -5.75. The first-order chi connectivity index (χ1) is 22.9. The molecule has 0 amide bonds. The van der Waals surface area contributed by atoms with Crippen LogP contribution < -0.4 is 16.7 Å². The molecule has 21 nitrogen and oxygen atoms in total. The second-order valence-electron chi connectivity index (χ2n) is 10.6. The largest absolute Gasteiger partial charge is 0.490 e. The molecule has 0 spiro atoms. The average Bonchev–Trinajstić information content (AvgIpc) is 3.58. The van der Waals surface area contributed by atoms with Gasteiger partial charge in [-0.05, 0) is 30.3 Å². The maximum absolute atomic E-state index is 12.5. The van der Waals surface area contributed by atoms with Crippen LogP contribution in [0.25, 0.3) is 0 Å². The molecular weight excluding hydrogens is 718 g/mol. The van der Waals surface area contributed by atoms with Crippen LogP contribution in [0.2, 0.25) is 0 Å². The lowest BCUT2D eigenvalue weighted by Gasteiger charge is -2.19. The lowest BCUT2D eigenvalue weighted by atomic mass is 9.80. The van der Waals surface area contributed by atoms with Crippen molar-refractivity contribution in [2.24, 2.45) is 0 Å². The molecule has 2 unspecified atom stereocenters. The first-order valence-corrected chi connectivity index (χ1v) is 18.7. The molecule has 0 radical (unpaired) electrons. The van der Waals surface area contributed by atoms with E-state index >= 15 is 0 Å². The first-order valence-electron chi connectivity index (χ1n) is 14.2. The van der Waals surface area contributed by atoms with Crippen LogP contribution in [-0.4, -0.2) is 85.2 Å². The monoisotopic (exact) mass is 749 g/mol. The number of phosphoric ester groups is 1. The molecule has 5 atom stereocenters. The van der Waals surface area contributed by atoms with Gasteiger partial charge in [0.2, 0.25) is 0 Å². The van der Waals surface area contributed by atoms with E-state index < -0.39 is 66.9 Å². The maximum atomic E-state index is 12.5. The number of rotatable bonds is 15. The van der Waals surface area contributed by atoms with Gasteiger partial charge in [-0.25, -0.2) is 23.2 Å². The Labute approximate surface area is 276 Å². The number of H-pyrrole nitrogens is 1. The smallest absolute Gasteiger partial charge is 0.423 e. The van der Waals surface area contributed by atoms with Crippen LogP contribution in [0.3, 0.4) is 0 Å². The number of aromatic amines is 1. The van der Waals surface area contributed by atoms with Gasteiger partial charge in [-0.3, -0.25) is 18.9 Å². The number of hydrogen-bond acceptors (Lipinski definition) is 14. The zero-order chi connectivity index (χ0) is 36.0. The van der Waals surface area contributed by atoms with E-state index in [4.69, 9.17) is 14.5 Å². The van der Waals surface area contributed by atoms with Gasteiger partial charge < -0.3 is 39.5 Å². The molecule has 3 heterocycles. The van der Waals surface area contributed by atoms with E-state index in [0.29, 0.717) is 37.7 Å². The molecule has 2 aromatic heterocycles. The highest BCUT2D eigenvalue weighted by Gasteiger charge is 2.43. The van der Waals surface area contributed by atoms with Crippen molar-refractivity contribution in [2.45, 2.75) is 57.1 Å². The van der Waals surface area contributed by atoms with E-state index in [1.165, 1.54) is 0 Å². The van der Waals surface area contributed by atoms with Crippen LogP contribution in [0.4, 0.5) is 0 Å². The summed E-state index contributed by atoms with van der Waals surface area (Å²) in [5, 5.41) is 37.2. The summed E-state index contributed by atoms with van der Waals surface area (Å²) in [5.74, 6) is 5.54. The fraction of sp³-hybridized carbons (Fsp3) is 0.417. The lowest BCUT2D eigenvalue weighted by molar-refractivity contribution is -0.0450. The molecule has 0 saturated carbocycles. The van der Waals surface area contributed by atoms with Crippen LogP contribution in [0.15, 0.2) is 46.2 Å². The summed E-state index contributed by atoms with van der Waals surface area (Å²) in [6.07, 6.45) is 0.982. The van der Waals surface area contributed by atoms with E-state index in [-0.39, 0.29) is 12.0 Å². The van der Waals surface area contributed by atoms with E-state index in [1.54, 1.807) is 29.1 Å². The summed E-state index contributed by atoms with van der Waals surface area (Å²) in [6.45, 7) is -0.546. The van der Waals surface area contributed by atoms with Crippen LogP contribution in [-0.2, 0) is 44.5 Å². The Balaban J connectivity index is 1.27. The van der Waals surface area contributed by atoms with Gasteiger partial charge in [0.05, 0.1) is 24.9 Å². The molecule has 3 aromatic rings. The molecule has 4 rings (SSSR count). The summed E-state index contributed by atoms with van der Waals surface area (Å²) < 4.78 is 54.0. The fourth-order valence-electron chi connectivity index (χ4n) is 4.54. The SMILES string of the molecule is O=c1[nH]c(=O)n([C@H]2C[C@H](O)[C@@H](COP(=O)(O)OP(=O)(O)OP(=O)(O)O)O2)cc1C#CCCCCc1cn(Cc2cccc(B(O)O)c2)nn1. The summed E-state index contributed by atoms with van der Waals surface area (Å²) in [4.78, 5) is 63.0. The molecule has 49 heavy (non-hydrogen) atoms. The average molecular weight is 749 g/mol. The summed E-state index contributed by atoms with van der Waals surface area (Å²) >= 11 is 0. The van der Waals surface area contributed by atoms with E-state index in [2.05, 4.69) is 40.3 Å². The molecule has 1 saturated heterocycles. The lowest BCUT2D eigenvalue weighted by Crippen LogP contribution is -2.33. The molecule has 0 bridgehead atoms. The Bertz CT molecular complexity index is 1950. The second-order valence-corrected chi connectivity index (χ2v) is 15.0. The number of nitrogens with zero attached hydrogens (tertiary/aromatic N) is 4. The quantitative estimate of drug-likeness (QED) is 0.0384. The molecule has 1 aromatic carbocycles. The van der Waals surface area contributed by atoms with Crippen molar-refractivity contribution in [1.29, 1.82) is 0 Å². The molecule has 0 aliphatic carbocycles. The number of unbranched alkanes of at least 4 members (excludes halogenated alkanes) is 2. The molecule has 266 valence electrons. The summed E-state index contributed by atoms with van der Waals surface area (Å²) in [6, 6.07) is 6.80. The van der Waals surface area contributed by atoms with Crippen molar-refractivity contribution in [2.75, 3.05) is 6.61 Å². The number of aromatic nitrogens is 5. The van der Waals surface area contributed by atoms with Crippen LogP contribution in [0.1, 0.15) is 48.7 Å². The standard InChI is InChI=1S/C24H31BN5O16P3/c31-20-11-22(44-21(20)15-43-48(39,40)46-49(41,42)45-47(36,37)38)30-13-17(23(32)26-24(30)33)7-3-1-2-4-9-19-14-29(28-27-19)12-16-6-5-8-18(10-16)25(34)35/h5-6,8,10,13-14,20-22,31,34-35H,1-2,4,9,11-12,15H2,(H,39,40)(H,41,42)(H,26,32,33)(H2,36,37,38)/t20-,21+,22+/m0/s1. The maximum Gasteiger partial charge on any atom is 0.490 e. The number of ether oxygens (including phenoxy) is 1. The molecule has 1 aliphatic heterocycles. The Kier molecular flexibility index (Phi) is 12.9. The van der Waals surface area contributed by atoms with E-state index in [1.807, 2.05) is 6.07 Å². The highest BCUT2D eigenvalue weighted by atomic mass is 31.3. The summed E-state index contributed by atoms with van der Waals surface area (Å²) in [5.41, 5.74) is 0.164. The zero-order valence-electron chi connectivity index (χ0n) is 25.2. The van der Waals surface area contributed by atoms with E-state index in [9.17, 15) is 48.2 Å². The topological polar surface area (TPSA) is 315 Å². The highest BCUT2D eigenvalue weighted by Crippen LogP contribution is 2.66. The van der Waals surface area contributed by atoms with E-state index in [0.717, 1.165) is 22.0 Å². The minimum Gasteiger partial charge on any atom is -0.423 e. The third kappa shape index (κ3) is 12.0. The van der Waals surface area contributed by atoms with Crippen molar-refractivity contribution in [3.05, 3.63) is 74.3 Å². The molecular formula is C24H31BN5O16P3. The molecule has 1 fully saturated rings. The van der Waals surface area contributed by atoms with Crippen molar-refractivity contribution in [1.82, 2.24) is 24.5 Å². The Morgan fingerprint density at radius 2 is 1.82 bits per heavy atom. The Hall–Kier alpha value is -3.09. The Morgan fingerprint density at radius 1 is 1.06 bits per heavy atom. The number of benzene rings is 1. The van der Waals surface area contributed by atoms with Crippen LogP contribution in [0.5, 0.6) is 0 Å². The summed E-state index contributed by atoms with van der Waals surface area (Å²) in [7, 11) is -18.4. The number of nitrogens with one attached hydrogen (secondary N) is 1. The van der Waals surface area contributed by atoms with Gasteiger partial charge in [-0.2, -0.15) is 8.62 Å². The third-order valence-electron chi connectivity index (χ3n) is 6.69. The number of aryl methyl sites for hydroxylation is 1. The fourth-order valence-corrected chi connectivity index (χ4v) is 7.57. The second kappa shape index (κ2) is 16.3. The highest BCUT2D eigenvalue weighted by molar-refractivity contribution is 7.66. The number of aliphatic hydroxyl groups excluding tert-OH is 1. The van der Waals surface area contributed by atoms with Gasteiger partial charge in [0, 0.05) is 25.2 Å². The van der Waals surface area contributed by atoms with Gasteiger partial charge >= 0.3 is 36.3 Å². The normalized spacial score (nSPS) is 20.3. The molecule has 25 heteroatoms. The molecule has 1 aliphatic rings. The first kappa shape index (κ1) is 38.7. The number of hydrogen-bond donors (Lipinski definition) is 8. The van der Waals surface area contributed by atoms with Crippen molar-refractivity contribution in [3.63, 3.8) is 0 Å². The number of phosphoric acid groups is 3. The van der Waals surface area contributed by atoms with Gasteiger partial charge in [-0.1, -0.05) is 41.3 Å². The Morgan fingerprint density at radius 3 is 2.53 bits per heavy atom. The van der Waals surface area contributed by atoms with Gasteiger partial charge in [0.15, 0.2) is 0 Å². The van der Waals surface area contributed by atoms with Crippen LogP contribution in [0, 0.1) is 11.8 Å². The predicted molar refractivity (Wildman–Crippen MR) is 165 cm³/mol. The minimum absolute atomic E-state index is 0.0878. The van der Waals surface area contributed by atoms with Crippen molar-refractivity contribution >= 4 is 36.0 Å². The van der Waals surface area contributed by atoms with Gasteiger partial charge in [-0.15, -0.1) is 5.10 Å². The number of aliphatic hydroxyl groups is 1. The zero-order valence-corrected chi connectivity index (χ0v) is 27.8. The third-order valence-corrected chi connectivity index (χ3v) is 10.5. The van der Waals surface area contributed by atoms with Crippen molar-refractivity contribution in [3.8, 4) is 11.8 Å².